The van der Waals surface area contributed by atoms with Crippen molar-refractivity contribution in [1.82, 2.24) is 0 Å². The first-order valence-electron chi connectivity index (χ1n) is 2.38. The van der Waals surface area contributed by atoms with Crippen LogP contribution in [0.15, 0.2) is 0 Å². The van der Waals surface area contributed by atoms with E-state index < -0.39 is 5.97 Å². The average molecular weight is 99.1 g/mol. The van der Waals surface area contributed by atoms with Gasteiger partial charge in [-0.15, -0.1) is 0 Å². The minimum atomic E-state index is -0.703. The van der Waals surface area contributed by atoms with E-state index in [1.54, 1.807) is 0 Å². The molecule has 0 aromatic carbocycles. The first-order valence-corrected chi connectivity index (χ1v) is 2.38. The molecule has 0 heterocycles. The fourth-order valence-corrected chi connectivity index (χ4v) is 0.567. The summed E-state index contributed by atoms with van der Waals surface area (Å²) in [5.41, 5.74) is 0. The number of aliphatic carboxylic acids is 1. The Bertz CT molecular complexity index is 84.1. The summed E-state index contributed by atoms with van der Waals surface area (Å²) in [7, 11) is 0. The van der Waals surface area contributed by atoms with Gasteiger partial charge in [0, 0.05) is 0 Å². The second kappa shape index (κ2) is 1.52. The molecule has 0 aromatic heterocycles. The van der Waals surface area contributed by atoms with Crippen molar-refractivity contribution in [3.63, 3.8) is 0 Å². The maximum Gasteiger partial charge on any atom is 0.310 e. The molecule has 1 radical (unpaired) electrons. The molecule has 0 atom stereocenters. The lowest BCUT2D eigenvalue weighted by Crippen LogP contribution is -2.18. The number of rotatable bonds is 1. The summed E-state index contributed by atoms with van der Waals surface area (Å²) < 4.78 is 0. The van der Waals surface area contributed by atoms with Crippen LogP contribution in [0.3, 0.4) is 0 Å². The number of hydrogen-bond donors (Lipinski definition) is 1. The van der Waals surface area contributed by atoms with E-state index in [2.05, 4.69) is 0 Å². The Kier molecular flexibility index (Phi) is 1.01. The zero-order valence-electron chi connectivity index (χ0n) is 3.98. The van der Waals surface area contributed by atoms with Crippen molar-refractivity contribution in [3.8, 4) is 0 Å². The highest BCUT2D eigenvalue weighted by Crippen LogP contribution is 2.28. The van der Waals surface area contributed by atoms with Gasteiger partial charge in [-0.2, -0.15) is 0 Å². The largest absolute Gasteiger partial charge is 0.481 e. The van der Waals surface area contributed by atoms with Crippen LogP contribution in [-0.2, 0) is 4.79 Å². The maximum atomic E-state index is 9.94. The minimum absolute atomic E-state index is 0.694. The Morgan fingerprint density at radius 3 is 2.14 bits per heavy atom. The van der Waals surface area contributed by atoms with Crippen LogP contribution in [0.5, 0.6) is 0 Å². The number of carbonyl (C=O) groups is 1. The van der Waals surface area contributed by atoms with E-state index in [-0.39, 0.29) is 0 Å². The van der Waals surface area contributed by atoms with Crippen LogP contribution >= 0.6 is 0 Å². The van der Waals surface area contributed by atoms with Gasteiger partial charge in [-0.1, -0.05) is 6.42 Å². The maximum absolute atomic E-state index is 9.94. The van der Waals surface area contributed by atoms with Gasteiger partial charge in [0.2, 0.25) is 0 Å². The van der Waals surface area contributed by atoms with Gasteiger partial charge >= 0.3 is 5.97 Å². The lowest BCUT2D eigenvalue weighted by molar-refractivity contribution is -0.136. The molecule has 0 spiro atoms. The van der Waals surface area contributed by atoms with Crippen LogP contribution in [0, 0.1) is 5.92 Å². The molecule has 0 aliphatic heterocycles. The first-order chi connectivity index (χ1) is 3.30. The molecule has 1 N–H and O–H groups in total. The predicted octanol–water partition coefficient (Wildman–Crippen LogP) is 0.829. The molecule has 0 saturated heterocycles. The highest BCUT2D eigenvalue weighted by molar-refractivity contribution is 5.83. The van der Waals surface area contributed by atoms with Gasteiger partial charge in [-0.05, 0) is 12.8 Å². The third kappa shape index (κ3) is 0.734. The normalized spacial score (nSPS) is 21.1. The number of hydrogen-bond acceptors (Lipinski definition) is 1. The van der Waals surface area contributed by atoms with Gasteiger partial charge < -0.3 is 5.11 Å². The minimum Gasteiger partial charge on any atom is -0.481 e. The Balaban J connectivity index is 2.27. The van der Waals surface area contributed by atoms with Gasteiger partial charge in [-0.3, -0.25) is 4.79 Å². The van der Waals surface area contributed by atoms with Crippen molar-refractivity contribution in [2.45, 2.75) is 19.3 Å². The molecule has 0 aromatic rings. The molecule has 0 bridgehead atoms. The van der Waals surface area contributed by atoms with Crippen molar-refractivity contribution in [1.29, 1.82) is 0 Å². The molecule has 1 saturated carbocycles. The first kappa shape index (κ1) is 4.62. The zero-order chi connectivity index (χ0) is 5.28. The average Bonchev–Trinajstić information content (AvgIpc) is 1.23. The van der Waals surface area contributed by atoms with Gasteiger partial charge in [0.05, 0.1) is 5.92 Å². The fourth-order valence-electron chi connectivity index (χ4n) is 0.567. The summed E-state index contributed by atoms with van der Waals surface area (Å²) in [6.45, 7) is 0. The SMILES string of the molecule is O=C(O)[C]1CCC1. The van der Waals surface area contributed by atoms with Gasteiger partial charge in [0.25, 0.3) is 0 Å². The van der Waals surface area contributed by atoms with E-state index >= 15 is 0 Å². The van der Waals surface area contributed by atoms with Crippen LogP contribution < -0.4 is 0 Å². The molecule has 1 aliphatic rings. The highest BCUT2D eigenvalue weighted by atomic mass is 16.4. The van der Waals surface area contributed by atoms with Gasteiger partial charge in [0.1, 0.15) is 0 Å². The van der Waals surface area contributed by atoms with Crippen molar-refractivity contribution in [3.05, 3.63) is 5.92 Å². The third-order valence-electron chi connectivity index (χ3n) is 1.26. The van der Waals surface area contributed by atoms with Crippen LogP contribution in [-0.4, -0.2) is 11.1 Å². The molecular formula is C5H7O2. The quantitative estimate of drug-likeness (QED) is 0.528. The van der Waals surface area contributed by atoms with E-state index in [1.807, 2.05) is 0 Å². The Labute approximate surface area is 42.1 Å². The molecule has 7 heavy (non-hydrogen) atoms. The van der Waals surface area contributed by atoms with Gasteiger partial charge in [-0.25, -0.2) is 0 Å². The van der Waals surface area contributed by atoms with E-state index in [0.717, 1.165) is 19.3 Å². The van der Waals surface area contributed by atoms with Crippen LogP contribution in [0.2, 0.25) is 0 Å². The summed E-state index contributed by atoms with van der Waals surface area (Å²) in [5, 5.41) is 8.20. The van der Waals surface area contributed by atoms with Crippen molar-refractivity contribution in [2.24, 2.45) is 0 Å². The van der Waals surface area contributed by atoms with E-state index in [4.69, 9.17) is 5.11 Å². The summed E-state index contributed by atoms with van der Waals surface area (Å²) >= 11 is 0. The molecule has 2 nitrogen and oxygen atoms in total. The number of carboxylic acid groups (broad SMARTS) is 1. The lowest BCUT2D eigenvalue weighted by atomic mass is 9.86. The van der Waals surface area contributed by atoms with Gasteiger partial charge in [0.15, 0.2) is 0 Å². The van der Waals surface area contributed by atoms with Crippen molar-refractivity contribution in [2.75, 3.05) is 0 Å². The van der Waals surface area contributed by atoms with E-state index in [0.29, 0.717) is 5.92 Å². The monoisotopic (exact) mass is 99.0 g/mol. The Morgan fingerprint density at radius 2 is 2.14 bits per heavy atom. The zero-order valence-corrected chi connectivity index (χ0v) is 3.98. The Hall–Kier alpha value is -0.530. The Morgan fingerprint density at radius 1 is 1.57 bits per heavy atom. The molecule has 39 valence electrons. The third-order valence-corrected chi connectivity index (χ3v) is 1.26. The summed E-state index contributed by atoms with van der Waals surface area (Å²) in [5.74, 6) is -0.00810. The standard InChI is InChI=1S/C5H7O2/c6-5(7)4-2-1-3-4/h1-3H2,(H,6,7). The van der Waals surface area contributed by atoms with E-state index in [9.17, 15) is 4.79 Å². The van der Waals surface area contributed by atoms with Crippen LogP contribution in [0.4, 0.5) is 0 Å². The van der Waals surface area contributed by atoms with Crippen LogP contribution in [0.25, 0.3) is 0 Å². The van der Waals surface area contributed by atoms with Crippen molar-refractivity contribution < 1.29 is 9.90 Å². The summed E-state index contributed by atoms with van der Waals surface area (Å²) in [4.78, 5) is 9.94. The summed E-state index contributed by atoms with van der Waals surface area (Å²) in [6.07, 6.45) is 2.70. The molecule has 2 heteroatoms. The summed E-state index contributed by atoms with van der Waals surface area (Å²) in [6, 6.07) is 0. The second-order valence-electron chi connectivity index (χ2n) is 1.76. The molecular weight excluding hydrogens is 92.1 g/mol. The molecule has 0 unspecified atom stereocenters. The topological polar surface area (TPSA) is 37.3 Å². The molecule has 0 amide bonds. The fraction of sp³-hybridized carbons (Fsp3) is 0.600. The second-order valence-corrected chi connectivity index (χ2v) is 1.76. The van der Waals surface area contributed by atoms with Crippen molar-refractivity contribution >= 4 is 5.97 Å². The molecule has 1 aliphatic carbocycles. The lowest BCUT2D eigenvalue weighted by Gasteiger charge is -2.18. The molecule has 1 rings (SSSR count). The highest BCUT2D eigenvalue weighted by Gasteiger charge is 2.24. The smallest absolute Gasteiger partial charge is 0.310 e. The van der Waals surface area contributed by atoms with E-state index in [1.165, 1.54) is 0 Å². The number of carboxylic acids is 1. The molecule has 1 fully saturated rings. The predicted molar refractivity (Wildman–Crippen MR) is 24.7 cm³/mol. The van der Waals surface area contributed by atoms with Crippen LogP contribution in [0.1, 0.15) is 19.3 Å².